The van der Waals surface area contributed by atoms with Gasteiger partial charge in [-0.3, -0.25) is 0 Å². The number of hydrogen-bond donors (Lipinski definition) is 0. The SMILES string of the molecule is c1ccc(-c2cccc(N(c3ccc(-c4cccc5ccccc45)cc3)c3ccc(-c4c(-c5ccccc5)ccc5ccccc45)cc3)c2)cc1. The average molecular weight is 650 g/mol. The van der Waals surface area contributed by atoms with Gasteiger partial charge in [0.25, 0.3) is 0 Å². The molecule has 0 radical (unpaired) electrons. The van der Waals surface area contributed by atoms with Gasteiger partial charge in [-0.05, 0) is 102 Å². The van der Waals surface area contributed by atoms with Gasteiger partial charge in [-0.1, -0.05) is 176 Å². The third-order valence-corrected chi connectivity index (χ3v) is 9.87. The largest absolute Gasteiger partial charge is 0.310 e. The number of hydrogen-bond acceptors (Lipinski definition) is 1. The highest BCUT2D eigenvalue weighted by atomic mass is 15.1. The molecular formula is C50H35N. The third-order valence-electron chi connectivity index (χ3n) is 9.87. The van der Waals surface area contributed by atoms with Crippen molar-refractivity contribution in [1.82, 2.24) is 0 Å². The number of rotatable bonds is 7. The van der Waals surface area contributed by atoms with Gasteiger partial charge < -0.3 is 4.90 Å². The van der Waals surface area contributed by atoms with Crippen molar-refractivity contribution in [1.29, 1.82) is 0 Å². The molecule has 0 heterocycles. The second-order valence-corrected chi connectivity index (χ2v) is 12.9. The molecule has 1 nitrogen and oxygen atoms in total. The lowest BCUT2D eigenvalue weighted by Gasteiger charge is -2.27. The van der Waals surface area contributed by atoms with Gasteiger partial charge >= 0.3 is 0 Å². The van der Waals surface area contributed by atoms with Crippen molar-refractivity contribution in [2.75, 3.05) is 4.90 Å². The Morgan fingerprint density at radius 3 is 1.47 bits per heavy atom. The van der Waals surface area contributed by atoms with E-state index in [0.717, 1.165) is 17.1 Å². The normalized spacial score (nSPS) is 11.1. The third kappa shape index (κ3) is 5.86. The van der Waals surface area contributed by atoms with E-state index in [4.69, 9.17) is 0 Å². The van der Waals surface area contributed by atoms with Crippen LogP contribution in [0.15, 0.2) is 212 Å². The highest BCUT2D eigenvalue weighted by molar-refractivity contribution is 6.04. The molecule has 0 aliphatic carbocycles. The fourth-order valence-corrected chi connectivity index (χ4v) is 7.39. The molecule has 0 aliphatic heterocycles. The van der Waals surface area contributed by atoms with E-state index in [0.29, 0.717) is 0 Å². The molecule has 0 saturated carbocycles. The van der Waals surface area contributed by atoms with Crippen LogP contribution in [0.3, 0.4) is 0 Å². The van der Waals surface area contributed by atoms with Crippen LogP contribution in [0.1, 0.15) is 0 Å². The fraction of sp³-hybridized carbons (Fsp3) is 0. The molecule has 0 aromatic heterocycles. The quantitative estimate of drug-likeness (QED) is 0.166. The van der Waals surface area contributed by atoms with Crippen molar-refractivity contribution in [2.24, 2.45) is 0 Å². The maximum absolute atomic E-state index is 2.37. The molecule has 9 aromatic rings. The smallest absolute Gasteiger partial charge is 0.0467 e. The first-order chi connectivity index (χ1) is 25.3. The van der Waals surface area contributed by atoms with Gasteiger partial charge in [0, 0.05) is 17.1 Å². The van der Waals surface area contributed by atoms with Crippen LogP contribution in [0.25, 0.3) is 66.1 Å². The van der Waals surface area contributed by atoms with E-state index >= 15 is 0 Å². The number of anilines is 3. The van der Waals surface area contributed by atoms with Crippen molar-refractivity contribution in [2.45, 2.75) is 0 Å². The van der Waals surface area contributed by atoms with Crippen molar-refractivity contribution in [3.05, 3.63) is 212 Å². The first-order valence-electron chi connectivity index (χ1n) is 17.5. The molecule has 0 bridgehead atoms. The molecule has 0 unspecified atom stereocenters. The van der Waals surface area contributed by atoms with Crippen LogP contribution in [-0.4, -0.2) is 0 Å². The molecule has 0 atom stereocenters. The van der Waals surface area contributed by atoms with Gasteiger partial charge in [-0.2, -0.15) is 0 Å². The van der Waals surface area contributed by atoms with Crippen molar-refractivity contribution < 1.29 is 0 Å². The van der Waals surface area contributed by atoms with Gasteiger partial charge in [0.15, 0.2) is 0 Å². The Kier molecular flexibility index (Phi) is 7.92. The fourth-order valence-electron chi connectivity index (χ4n) is 7.39. The standard InChI is InChI=1S/C50H35N/c1-3-13-36(14-4-1)42-20-11-21-45(35-42)51(43-30-25-40(26-31-43)47-24-12-19-37-17-7-9-22-46(37)47)44-32-27-41(28-33-44)50-48-23-10-8-18-39(48)29-34-49(50)38-15-5-2-6-16-38/h1-35H. The lowest BCUT2D eigenvalue weighted by atomic mass is 9.89. The molecule has 9 rings (SSSR count). The summed E-state index contributed by atoms with van der Waals surface area (Å²) < 4.78 is 0. The Balaban J connectivity index is 1.17. The van der Waals surface area contributed by atoms with Gasteiger partial charge in [-0.25, -0.2) is 0 Å². The van der Waals surface area contributed by atoms with E-state index in [-0.39, 0.29) is 0 Å². The van der Waals surface area contributed by atoms with Crippen LogP contribution in [0.5, 0.6) is 0 Å². The Morgan fingerprint density at radius 2 is 0.765 bits per heavy atom. The molecule has 0 aliphatic rings. The van der Waals surface area contributed by atoms with Crippen LogP contribution in [0.2, 0.25) is 0 Å². The summed E-state index contributed by atoms with van der Waals surface area (Å²) in [6.07, 6.45) is 0. The second kappa shape index (κ2) is 13.3. The molecule has 240 valence electrons. The molecule has 0 fully saturated rings. The minimum Gasteiger partial charge on any atom is -0.310 e. The molecule has 0 saturated heterocycles. The summed E-state index contributed by atoms with van der Waals surface area (Å²) >= 11 is 0. The average Bonchev–Trinajstić information content (AvgIpc) is 3.22. The Bertz CT molecular complexity index is 2600. The molecular weight excluding hydrogens is 615 g/mol. The molecule has 0 spiro atoms. The van der Waals surface area contributed by atoms with E-state index in [9.17, 15) is 0 Å². The lowest BCUT2D eigenvalue weighted by Crippen LogP contribution is -2.10. The van der Waals surface area contributed by atoms with Gasteiger partial charge in [0.1, 0.15) is 0 Å². The molecule has 0 amide bonds. The summed E-state index contributed by atoms with van der Waals surface area (Å²) in [5, 5.41) is 5.00. The first kappa shape index (κ1) is 30.4. The Labute approximate surface area is 299 Å². The number of nitrogens with zero attached hydrogens (tertiary/aromatic N) is 1. The summed E-state index contributed by atoms with van der Waals surface area (Å²) in [4.78, 5) is 2.37. The van der Waals surface area contributed by atoms with Crippen molar-refractivity contribution in [3.63, 3.8) is 0 Å². The van der Waals surface area contributed by atoms with Gasteiger partial charge in [-0.15, -0.1) is 0 Å². The van der Waals surface area contributed by atoms with E-state index in [1.165, 1.54) is 66.1 Å². The summed E-state index contributed by atoms with van der Waals surface area (Å²) in [6, 6.07) is 76.6. The molecule has 1 heteroatoms. The summed E-state index contributed by atoms with van der Waals surface area (Å²) in [5.74, 6) is 0. The van der Waals surface area contributed by atoms with Crippen LogP contribution in [0, 0.1) is 0 Å². The number of fused-ring (bicyclic) bond motifs is 2. The summed E-state index contributed by atoms with van der Waals surface area (Å²) in [5.41, 5.74) is 13.0. The highest BCUT2D eigenvalue weighted by Crippen LogP contribution is 2.42. The maximum atomic E-state index is 2.37. The zero-order chi connectivity index (χ0) is 34.0. The van der Waals surface area contributed by atoms with Crippen molar-refractivity contribution >= 4 is 38.6 Å². The minimum absolute atomic E-state index is 1.10. The van der Waals surface area contributed by atoms with Crippen LogP contribution in [-0.2, 0) is 0 Å². The Morgan fingerprint density at radius 1 is 0.255 bits per heavy atom. The molecule has 9 aromatic carbocycles. The van der Waals surface area contributed by atoms with Crippen molar-refractivity contribution in [3.8, 4) is 44.5 Å². The molecule has 0 N–H and O–H groups in total. The van der Waals surface area contributed by atoms with E-state index in [2.05, 4.69) is 217 Å². The minimum atomic E-state index is 1.10. The summed E-state index contributed by atoms with van der Waals surface area (Å²) in [7, 11) is 0. The van der Waals surface area contributed by atoms with E-state index in [1.807, 2.05) is 0 Å². The monoisotopic (exact) mass is 649 g/mol. The molecule has 51 heavy (non-hydrogen) atoms. The van der Waals surface area contributed by atoms with E-state index in [1.54, 1.807) is 0 Å². The first-order valence-corrected chi connectivity index (χ1v) is 17.5. The lowest BCUT2D eigenvalue weighted by molar-refractivity contribution is 1.28. The van der Waals surface area contributed by atoms with Crippen LogP contribution >= 0.6 is 0 Å². The van der Waals surface area contributed by atoms with Gasteiger partial charge in [0.05, 0.1) is 0 Å². The maximum Gasteiger partial charge on any atom is 0.0467 e. The zero-order valence-corrected chi connectivity index (χ0v) is 28.2. The Hall–Kier alpha value is -6.70. The zero-order valence-electron chi connectivity index (χ0n) is 28.2. The predicted molar refractivity (Wildman–Crippen MR) is 218 cm³/mol. The van der Waals surface area contributed by atoms with Crippen LogP contribution in [0.4, 0.5) is 17.1 Å². The van der Waals surface area contributed by atoms with Crippen LogP contribution < -0.4 is 4.90 Å². The summed E-state index contributed by atoms with van der Waals surface area (Å²) in [6.45, 7) is 0. The second-order valence-electron chi connectivity index (χ2n) is 12.9. The topological polar surface area (TPSA) is 3.24 Å². The predicted octanol–water partition coefficient (Wildman–Crippen LogP) is 14.1. The van der Waals surface area contributed by atoms with E-state index < -0.39 is 0 Å². The highest BCUT2D eigenvalue weighted by Gasteiger charge is 2.17. The number of benzene rings is 9. The van der Waals surface area contributed by atoms with Gasteiger partial charge in [0.2, 0.25) is 0 Å².